The van der Waals surface area contributed by atoms with Gasteiger partial charge in [-0.1, -0.05) is 68.4 Å². The maximum atomic E-state index is 12.7. The zero-order valence-electron chi connectivity index (χ0n) is 14.4. The Kier molecular flexibility index (Phi) is 5.22. The van der Waals surface area contributed by atoms with Gasteiger partial charge in [0.05, 0.1) is 0 Å². The molecule has 2 aromatic rings. The quantitative estimate of drug-likeness (QED) is 0.916. The topological polar surface area (TPSA) is 46.3 Å². The molecule has 1 amide bonds. The van der Waals surface area contributed by atoms with E-state index in [4.69, 9.17) is 5.73 Å². The Hall–Kier alpha value is -2.13. The fraction of sp³-hybridized carbons (Fsp3) is 0.350. The van der Waals surface area contributed by atoms with Crippen molar-refractivity contribution < 1.29 is 4.79 Å². The molecule has 1 atom stereocenters. The Morgan fingerprint density at radius 2 is 1.65 bits per heavy atom. The second kappa shape index (κ2) is 6.97. The van der Waals surface area contributed by atoms with Crippen molar-refractivity contribution >= 4 is 5.91 Å². The van der Waals surface area contributed by atoms with Crippen LogP contribution in [-0.4, -0.2) is 17.9 Å². The summed E-state index contributed by atoms with van der Waals surface area (Å²) in [4.78, 5) is 14.4. The van der Waals surface area contributed by atoms with E-state index in [1.807, 2.05) is 30.3 Å². The molecule has 0 heterocycles. The number of nitrogens with zero attached hydrogens (tertiary/aromatic N) is 1. The van der Waals surface area contributed by atoms with E-state index < -0.39 is 5.54 Å². The van der Waals surface area contributed by atoms with E-state index in [-0.39, 0.29) is 5.91 Å². The first-order valence-electron chi connectivity index (χ1n) is 8.01. The third-order valence-corrected chi connectivity index (χ3v) is 4.23. The van der Waals surface area contributed by atoms with Crippen molar-refractivity contribution in [2.75, 3.05) is 7.05 Å². The first-order chi connectivity index (χ1) is 10.8. The number of hydrogen-bond acceptors (Lipinski definition) is 2. The fourth-order valence-electron chi connectivity index (χ4n) is 2.66. The Bertz CT molecular complexity index is 645. The van der Waals surface area contributed by atoms with Crippen LogP contribution in [0.3, 0.4) is 0 Å². The summed E-state index contributed by atoms with van der Waals surface area (Å²) in [7, 11) is 1.80. The highest BCUT2D eigenvalue weighted by molar-refractivity contribution is 5.86. The van der Waals surface area contributed by atoms with Gasteiger partial charge < -0.3 is 10.6 Å². The van der Waals surface area contributed by atoms with Crippen LogP contribution >= 0.6 is 0 Å². The Morgan fingerprint density at radius 3 is 2.17 bits per heavy atom. The van der Waals surface area contributed by atoms with E-state index in [1.165, 1.54) is 5.56 Å². The molecule has 0 aliphatic rings. The summed E-state index contributed by atoms with van der Waals surface area (Å²) in [5, 5.41) is 0. The van der Waals surface area contributed by atoms with Gasteiger partial charge in [-0.2, -0.15) is 0 Å². The van der Waals surface area contributed by atoms with Crippen LogP contribution in [0.25, 0.3) is 0 Å². The number of carbonyl (C=O) groups is 1. The van der Waals surface area contributed by atoms with Crippen LogP contribution in [0.1, 0.15) is 43.4 Å². The number of amides is 1. The van der Waals surface area contributed by atoms with Gasteiger partial charge in [0.15, 0.2) is 0 Å². The molecule has 0 bridgehead atoms. The summed E-state index contributed by atoms with van der Waals surface area (Å²) in [5.74, 6) is 0.422. The lowest BCUT2D eigenvalue weighted by Gasteiger charge is -2.29. The van der Waals surface area contributed by atoms with Crippen LogP contribution in [0.5, 0.6) is 0 Å². The molecular weight excluding hydrogens is 284 g/mol. The predicted octanol–water partition coefficient (Wildman–Crippen LogP) is 3.64. The van der Waals surface area contributed by atoms with Gasteiger partial charge in [0.1, 0.15) is 5.54 Å². The Labute approximate surface area is 139 Å². The molecule has 0 aromatic heterocycles. The Balaban J connectivity index is 2.10. The average molecular weight is 310 g/mol. The van der Waals surface area contributed by atoms with E-state index >= 15 is 0 Å². The van der Waals surface area contributed by atoms with E-state index in [0.29, 0.717) is 12.5 Å². The first kappa shape index (κ1) is 17.2. The highest BCUT2D eigenvalue weighted by Gasteiger charge is 2.32. The van der Waals surface area contributed by atoms with Gasteiger partial charge in [-0.3, -0.25) is 4.79 Å². The van der Waals surface area contributed by atoms with Gasteiger partial charge in [0, 0.05) is 13.6 Å². The number of carbonyl (C=O) groups excluding carboxylic acids is 1. The van der Waals surface area contributed by atoms with Crippen molar-refractivity contribution in [3.05, 3.63) is 71.3 Å². The van der Waals surface area contributed by atoms with Crippen LogP contribution < -0.4 is 5.73 Å². The predicted molar refractivity (Wildman–Crippen MR) is 95.0 cm³/mol. The van der Waals surface area contributed by atoms with E-state index in [0.717, 1.165) is 11.1 Å². The summed E-state index contributed by atoms with van der Waals surface area (Å²) >= 11 is 0. The summed E-state index contributed by atoms with van der Waals surface area (Å²) in [6.45, 7) is 6.66. The molecule has 2 aromatic carbocycles. The number of hydrogen-bond donors (Lipinski definition) is 1. The summed E-state index contributed by atoms with van der Waals surface area (Å²) in [5.41, 5.74) is 8.52. The highest BCUT2D eigenvalue weighted by atomic mass is 16.2. The average Bonchev–Trinajstić information content (AvgIpc) is 2.55. The fourth-order valence-corrected chi connectivity index (χ4v) is 2.66. The second-order valence-corrected chi connectivity index (χ2v) is 6.63. The zero-order valence-corrected chi connectivity index (χ0v) is 14.4. The molecular formula is C20H26N2O. The van der Waals surface area contributed by atoms with Crippen LogP contribution in [0.4, 0.5) is 0 Å². The lowest BCUT2D eigenvalue weighted by atomic mass is 9.91. The van der Waals surface area contributed by atoms with Crippen LogP contribution in [0.2, 0.25) is 0 Å². The number of rotatable bonds is 5. The van der Waals surface area contributed by atoms with Gasteiger partial charge >= 0.3 is 0 Å². The maximum Gasteiger partial charge on any atom is 0.247 e. The van der Waals surface area contributed by atoms with E-state index in [2.05, 4.69) is 38.1 Å². The molecule has 23 heavy (non-hydrogen) atoms. The summed E-state index contributed by atoms with van der Waals surface area (Å²) in [6.07, 6.45) is 0. The first-order valence-corrected chi connectivity index (χ1v) is 8.01. The summed E-state index contributed by atoms with van der Waals surface area (Å²) in [6, 6.07) is 17.9. The zero-order chi connectivity index (χ0) is 17.0. The van der Waals surface area contributed by atoms with Gasteiger partial charge in [0.25, 0.3) is 0 Å². The van der Waals surface area contributed by atoms with Gasteiger partial charge in [0.2, 0.25) is 5.91 Å². The number of benzene rings is 2. The molecule has 0 saturated carbocycles. The molecule has 0 aliphatic carbocycles. The Morgan fingerprint density at radius 1 is 1.09 bits per heavy atom. The van der Waals surface area contributed by atoms with Crippen LogP contribution in [-0.2, 0) is 16.9 Å². The third kappa shape index (κ3) is 3.99. The van der Waals surface area contributed by atoms with Crippen molar-refractivity contribution in [2.45, 2.75) is 38.8 Å². The minimum Gasteiger partial charge on any atom is -0.340 e. The van der Waals surface area contributed by atoms with Gasteiger partial charge in [-0.05, 0) is 29.5 Å². The molecule has 3 heteroatoms. The molecule has 0 spiro atoms. The molecule has 0 saturated heterocycles. The number of likely N-dealkylation sites (N-methyl/N-ethyl adjacent to an activating group) is 1. The standard InChI is InChI=1S/C20H26N2O/c1-15(2)17-12-10-16(11-13-17)14-22(4)19(23)20(3,21)18-8-6-5-7-9-18/h5-13,15H,14,21H2,1-4H3. The minimum atomic E-state index is -1.02. The summed E-state index contributed by atoms with van der Waals surface area (Å²) < 4.78 is 0. The molecule has 3 nitrogen and oxygen atoms in total. The monoisotopic (exact) mass is 310 g/mol. The number of nitrogens with two attached hydrogens (primary N) is 1. The lowest BCUT2D eigenvalue weighted by molar-refractivity contribution is -0.136. The van der Waals surface area contributed by atoms with Crippen molar-refractivity contribution in [1.82, 2.24) is 4.90 Å². The molecule has 0 fully saturated rings. The largest absolute Gasteiger partial charge is 0.340 e. The van der Waals surface area contributed by atoms with Gasteiger partial charge in [-0.15, -0.1) is 0 Å². The highest BCUT2D eigenvalue weighted by Crippen LogP contribution is 2.21. The van der Waals surface area contributed by atoms with Crippen molar-refractivity contribution in [1.29, 1.82) is 0 Å². The third-order valence-electron chi connectivity index (χ3n) is 4.23. The SMILES string of the molecule is CC(C)c1ccc(CN(C)C(=O)C(C)(N)c2ccccc2)cc1. The maximum absolute atomic E-state index is 12.7. The lowest BCUT2D eigenvalue weighted by Crippen LogP contribution is -2.49. The van der Waals surface area contributed by atoms with Crippen LogP contribution in [0.15, 0.2) is 54.6 Å². The molecule has 2 rings (SSSR count). The molecule has 0 radical (unpaired) electrons. The second-order valence-electron chi connectivity index (χ2n) is 6.63. The van der Waals surface area contributed by atoms with E-state index in [9.17, 15) is 4.79 Å². The minimum absolute atomic E-state index is 0.0864. The molecule has 0 aliphatic heterocycles. The smallest absolute Gasteiger partial charge is 0.247 e. The van der Waals surface area contributed by atoms with Crippen molar-refractivity contribution in [3.63, 3.8) is 0 Å². The molecule has 1 unspecified atom stereocenters. The van der Waals surface area contributed by atoms with Crippen LogP contribution in [0, 0.1) is 0 Å². The van der Waals surface area contributed by atoms with Crippen molar-refractivity contribution in [2.24, 2.45) is 5.73 Å². The normalized spacial score (nSPS) is 13.7. The van der Waals surface area contributed by atoms with Gasteiger partial charge in [-0.25, -0.2) is 0 Å². The van der Waals surface area contributed by atoms with E-state index in [1.54, 1.807) is 18.9 Å². The molecule has 2 N–H and O–H groups in total. The molecule has 122 valence electrons. The van der Waals surface area contributed by atoms with Crippen molar-refractivity contribution in [3.8, 4) is 0 Å².